The quantitative estimate of drug-likeness (QED) is 0.925. The SMILES string of the molecule is CC1CCCN(Cc2ccn(C(C)C)n2)C1CN.Cl. The average molecular weight is 287 g/mol. The second kappa shape index (κ2) is 7.27. The first-order chi connectivity index (χ1) is 8.61. The van der Waals surface area contributed by atoms with E-state index in [9.17, 15) is 0 Å². The maximum Gasteiger partial charge on any atom is 0.0765 e. The molecule has 1 aliphatic rings. The van der Waals surface area contributed by atoms with Gasteiger partial charge < -0.3 is 5.73 Å². The van der Waals surface area contributed by atoms with Gasteiger partial charge in [0.25, 0.3) is 0 Å². The molecule has 2 rings (SSSR count). The van der Waals surface area contributed by atoms with Crippen LogP contribution in [0.15, 0.2) is 12.3 Å². The van der Waals surface area contributed by atoms with Crippen molar-refractivity contribution in [3.63, 3.8) is 0 Å². The van der Waals surface area contributed by atoms with E-state index in [-0.39, 0.29) is 12.4 Å². The fraction of sp³-hybridized carbons (Fsp3) is 0.786. The fourth-order valence-electron chi connectivity index (χ4n) is 2.87. The number of hydrogen-bond acceptors (Lipinski definition) is 3. The zero-order chi connectivity index (χ0) is 13.1. The number of nitrogens with zero attached hydrogens (tertiary/aromatic N) is 3. The maximum absolute atomic E-state index is 5.92. The van der Waals surface area contributed by atoms with Crippen LogP contribution in [0.4, 0.5) is 0 Å². The Morgan fingerprint density at radius 2 is 2.21 bits per heavy atom. The van der Waals surface area contributed by atoms with E-state index in [0.717, 1.165) is 25.3 Å². The molecule has 0 aromatic carbocycles. The van der Waals surface area contributed by atoms with Gasteiger partial charge in [0.15, 0.2) is 0 Å². The molecule has 0 aliphatic carbocycles. The van der Waals surface area contributed by atoms with Crippen molar-refractivity contribution in [2.45, 2.75) is 52.2 Å². The van der Waals surface area contributed by atoms with Gasteiger partial charge in [-0.15, -0.1) is 12.4 Å². The lowest BCUT2D eigenvalue weighted by Gasteiger charge is -2.39. The highest BCUT2D eigenvalue weighted by Crippen LogP contribution is 2.24. The summed E-state index contributed by atoms with van der Waals surface area (Å²) in [6.07, 6.45) is 4.66. The Kier molecular flexibility index (Phi) is 6.30. The predicted octanol–water partition coefficient (Wildman–Crippen LogP) is 2.45. The van der Waals surface area contributed by atoms with Crippen LogP contribution in [0.1, 0.15) is 45.3 Å². The van der Waals surface area contributed by atoms with Crippen LogP contribution in [0.2, 0.25) is 0 Å². The molecule has 5 heteroatoms. The van der Waals surface area contributed by atoms with Gasteiger partial charge in [0, 0.05) is 31.4 Å². The molecule has 1 aromatic heterocycles. The van der Waals surface area contributed by atoms with Crippen LogP contribution in [-0.2, 0) is 6.54 Å². The molecule has 1 saturated heterocycles. The summed E-state index contributed by atoms with van der Waals surface area (Å²) in [5.41, 5.74) is 7.09. The summed E-state index contributed by atoms with van der Waals surface area (Å²) in [5, 5.41) is 4.63. The third-order valence-corrected chi connectivity index (χ3v) is 4.03. The van der Waals surface area contributed by atoms with E-state index in [4.69, 9.17) is 5.73 Å². The minimum absolute atomic E-state index is 0. The van der Waals surface area contributed by atoms with Crippen molar-refractivity contribution < 1.29 is 0 Å². The molecule has 4 nitrogen and oxygen atoms in total. The van der Waals surface area contributed by atoms with E-state index in [1.165, 1.54) is 12.8 Å². The van der Waals surface area contributed by atoms with Gasteiger partial charge in [0.2, 0.25) is 0 Å². The minimum atomic E-state index is 0. The first-order valence-corrected chi connectivity index (χ1v) is 7.10. The Balaban J connectivity index is 0.00000180. The van der Waals surface area contributed by atoms with Crippen molar-refractivity contribution >= 4 is 12.4 Å². The lowest BCUT2D eigenvalue weighted by Crippen LogP contribution is -2.48. The molecule has 0 spiro atoms. The summed E-state index contributed by atoms with van der Waals surface area (Å²) in [4.78, 5) is 2.50. The Morgan fingerprint density at radius 1 is 1.47 bits per heavy atom. The first kappa shape index (κ1) is 16.5. The second-order valence-corrected chi connectivity index (χ2v) is 5.77. The van der Waals surface area contributed by atoms with E-state index in [0.29, 0.717) is 18.0 Å². The third-order valence-electron chi connectivity index (χ3n) is 4.03. The standard InChI is InChI=1S/C14H26N4.ClH/c1-11(2)18-8-6-13(16-18)10-17-7-4-5-12(3)14(17)9-15;/h6,8,11-12,14H,4-5,7,9-10,15H2,1-3H3;1H. The van der Waals surface area contributed by atoms with Crippen LogP contribution in [0.25, 0.3) is 0 Å². The molecule has 0 radical (unpaired) electrons. The van der Waals surface area contributed by atoms with Crippen LogP contribution < -0.4 is 5.73 Å². The van der Waals surface area contributed by atoms with Crippen molar-refractivity contribution in [1.29, 1.82) is 0 Å². The van der Waals surface area contributed by atoms with Crippen molar-refractivity contribution in [2.75, 3.05) is 13.1 Å². The van der Waals surface area contributed by atoms with Crippen molar-refractivity contribution in [3.8, 4) is 0 Å². The second-order valence-electron chi connectivity index (χ2n) is 5.77. The largest absolute Gasteiger partial charge is 0.329 e. The summed E-state index contributed by atoms with van der Waals surface area (Å²) >= 11 is 0. The van der Waals surface area contributed by atoms with Gasteiger partial charge in [-0.1, -0.05) is 6.92 Å². The number of piperidine rings is 1. The molecule has 1 fully saturated rings. The van der Waals surface area contributed by atoms with Gasteiger partial charge >= 0.3 is 0 Å². The molecule has 0 saturated carbocycles. The van der Waals surface area contributed by atoms with Gasteiger partial charge in [-0.3, -0.25) is 9.58 Å². The Labute approximate surface area is 122 Å². The topological polar surface area (TPSA) is 47.1 Å². The zero-order valence-electron chi connectivity index (χ0n) is 12.2. The molecule has 1 aromatic rings. The van der Waals surface area contributed by atoms with E-state index < -0.39 is 0 Å². The monoisotopic (exact) mass is 286 g/mol. The number of hydrogen-bond donors (Lipinski definition) is 1. The highest BCUT2D eigenvalue weighted by Gasteiger charge is 2.27. The average Bonchev–Trinajstić information content (AvgIpc) is 2.78. The normalized spacial score (nSPS) is 24.5. The van der Waals surface area contributed by atoms with Crippen LogP contribution >= 0.6 is 12.4 Å². The highest BCUT2D eigenvalue weighted by atomic mass is 35.5. The number of halogens is 1. The minimum Gasteiger partial charge on any atom is -0.329 e. The molecule has 1 aliphatic heterocycles. The van der Waals surface area contributed by atoms with Crippen LogP contribution in [-0.4, -0.2) is 33.8 Å². The maximum atomic E-state index is 5.92. The molecule has 0 bridgehead atoms. The molecule has 2 N–H and O–H groups in total. The van der Waals surface area contributed by atoms with Crippen molar-refractivity contribution in [2.24, 2.45) is 11.7 Å². The first-order valence-electron chi connectivity index (χ1n) is 7.10. The van der Waals surface area contributed by atoms with Gasteiger partial charge in [-0.05, 0) is 45.2 Å². The third kappa shape index (κ3) is 3.94. The van der Waals surface area contributed by atoms with Gasteiger partial charge in [-0.2, -0.15) is 5.10 Å². The van der Waals surface area contributed by atoms with E-state index in [1.54, 1.807) is 0 Å². The molecule has 2 atom stereocenters. The summed E-state index contributed by atoms with van der Waals surface area (Å²) in [7, 11) is 0. The number of rotatable bonds is 4. The summed E-state index contributed by atoms with van der Waals surface area (Å²) in [5.74, 6) is 0.705. The number of nitrogens with two attached hydrogens (primary N) is 1. The van der Waals surface area contributed by atoms with E-state index in [1.807, 2.05) is 4.68 Å². The Bertz CT molecular complexity index is 377. The molecule has 110 valence electrons. The highest BCUT2D eigenvalue weighted by molar-refractivity contribution is 5.85. The number of likely N-dealkylation sites (tertiary alicyclic amines) is 1. The van der Waals surface area contributed by atoms with Crippen molar-refractivity contribution in [1.82, 2.24) is 14.7 Å². The predicted molar refractivity (Wildman–Crippen MR) is 81.5 cm³/mol. The summed E-state index contributed by atoms with van der Waals surface area (Å²) in [6, 6.07) is 3.08. The molecule has 0 amide bonds. The molecule has 2 unspecified atom stereocenters. The van der Waals surface area contributed by atoms with E-state index in [2.05, 4.69) is 43.0 Å². The Morgan fingerprint density at radius 3 is 2.79 bits per heavy atom. The van der Waals surface area contributed by atoms with Gasteiger partial charge in [0.05, 0.1) is 5.69 Å². The lowest BCUT2D eigenvalue weighted by atomic mass is 9.91. The smallest absolute Gasteiger partial charge is 0.0765 e. The molecular weight excluding hydrogens is 260 g/mol. The van der Waals surface area contributed by atoms with Crippen LogP contribution in [0.3, 0.4) is 0 Å². The van der Waals surface area contributed by atoms with E-state index >= 15 is 0 Å². The Hall–Kier alpha value is -0.580. The van der Waals surface area contributed by atoms with Gasteiger partial charge in [-0.25, -0.2) is 0 Å². The zero-order valence-corrected chi connectivity index (χ0v) is 13.1. The fourth-order valence-corrected chi connectivity index (χ4v) is 2.87. The van der Waals surface area contributed by atoms with Crippen LogP contribution in [0.5, 0.6) is 0 Å². The molecular formula is C14H27ClN4. The number of aromatic nitrogens is 2. The summed E-state index contributed by atoms with van der Waals surface area (Å²) in [6.45, 7) is 9.47. The molecule has 2 heterocycles. The lowest BCUT2D eigenvalue weighted by molar-refractivity contribution is 0.0975. The van der Waals surface area contributed by atoms with Crippen LogP contribution in [0, 0.1) is 5.92 Å². The van der Waals surface area contributed by atoms with Crippen molar-refractivity contribution in [3.05, 3.63) is 18.0 Å². The summed E-state index contributed by atoms with van der Waals surface area (Å²) < 4.78 is 2.03. The molecule has 19 heavy (non-hydrogen) atoms. The van der Waals surface area contributed by atoms with Gasteiger partial charge in [0.1, 0.15) is 0 Å².